The van der Waals surface area contributed by atoms with E-state index in [1.165, 1.54) is 12.7 Å². The molecular formula is C24H37N7O4. The molecule has 0 aliphatic carbocycles. The topological polar surface area (TPSA) is 120 Å². The zero-order valence-corrected chi connectivity index (χ0v) is 20.0. The molecular weight excluding hydrogens is 450 g/mol. The Bertz CT molecular complexity index is 1030. The smallest absolute Gasteiger partial charge is 0.321 e. The average molecular weight is 488 g/mol. The van der Waals surface area contributed by atoms with Gasteiger partial charge in [-0.05, 0) is 39.5 Å². The standard InChI is InChI=1S/C23H33N7O4.CH4/c1-15-10-28(11-16-4-8-33-9-5-16)6-7-29(15)22(32)30-12-17-19(23(30,2)3)26-27-20(17)25-21(31)18-13-34-14-24-18;/h13-16H,4-12H2,1-3H3,(H2,25,26,27,31);1H4/t15-;/m0./s1. The lowest BCUT2D eigenvalue weighted by Gasteiger charge is -2.44. The number of hydrogen-bond donors (Lipinski definition) is 2. The number of urea groups is 1. The molecule has 2 saturated heterocycles. The van der Waals surface area contributed by atoms with Crippen molar-refractivity contribution in [2.24, 2.45) is 5.92 Å². The van der Waals surface area contributed by atoms with Gasteiger partial charge in [-0.2, -0.15) is 5.10 Å². The Kier molecular flexibility index (Phi) is 7.18. The molecule has 0 saturated carbocycles. The van der Waals surface area contributed by atoms with Gasteiger partial charge in [0.1, 0.15) is 6.26 Å². The molecule has 2 fully saturated rings. The molecule has 5 heterocycles. The highest BCUT2D eigenvalue weighted by molar-refractivity contribution is 6.02. The van der Waals surface area contributed by atoms with Crippen molar-refractivity contribution in [1.29, 1.82) is 0 Å². The van der Waals surface area contributed by atoms with E-state index in [9.17, 15) is 9.59 Å². The minimum absolute atomic E-state index is 0. The van der Waals surface area contributed by atoms with Crippen LogP contribution in [0.1, 0.15) is 62.8 Å². The van der Waals surface area contributed by atoms with Gasteiger partial charge in [0.25, 0.3) is 5.91 Å². The molecule has 0 spiro atoms. The Hall–Kier alpha value is -2.92. The minimum atomic E-state index is -0.574. The number of ether oxygens (including phenoxy) is 1. The summed E-state index contributed by atoms with van der Waals surface area (Å²) in [6, 6.07) is 0.141. The van der Waals surface area contributed by atoms with Crippen LogP contribution in [-0.2, 0) is 16.8 Å². The van der Waals surface area contributed by atoms with Gasteiger partial charge in [-0.1, -0.05) is 7.43 Å². The van der Waals surface area contributed by atoms with Crippen molar-refractivity contribution in [3.8, 4) is 0 Å². The third-order valence-electron chi connectivity index (χ3n) is 7.41. The number of fused-ring (bicyclic) bond motifs is 1. The number of hydrogen-bond acceptors (Lipinski definition) is 7. The fourth-order valence-electron chi connectivity index (χ4n) is 5.35. The zero-order chi connectivity index (χ0) is 23.9. The number of carbonyl (C=O) groups is 2. The molecule has 3 aliphatic heterocycles. The zero-order valence-electron chi connectivity index (χ0n) is 20.0. The molecule has 2 N–H and O–H groups in total. The lowest BCUT2D eigenvalue weighted by Crippen LogP contribution is -2.59. The van der Waals surface area contributed by atoms with Crippen LogP contribution in [0.5, 0.6) is 0 Å². The molecule has 0 radical (unpaired) electrons. The number of anilines is 1. The van der Waals surface area contributed by atoms with E-state index in [1.807, 2.05) is 23.6 Å². The average Bonchev–Trinajstić information content (AvgIpc) is 3.53. The second kappa shape index (κ2) is 9.98. The number of amides is 3. The van der Waals surface area contributed by atoms with Gasteiger partial charge in [0.2, 0.25) is 0 Å². The van der Waals surface area contributed by atoms with Crippen LogP contribution in [0.15, 0.2) is 17.1 Å². The largest absolute Gasteiger partial charge is 0.451 e. The van der Waals surface area contributed by atoms with Crippen molar-refractivity contribution in [1.82, 2.24) is 29.9 Å². The molecule has 0 unspecified atom stereocenters. The Labute approximate surface area is 206 Å². The van der Waals surface area contributed by atoms with Gasteiger partial charge in [-0.25, -0.2) is 9.78 Å². The van der Waals surface area contributed by atoms with Gasteiger partial charge in [0.05, 0.1) is 17.8 Å². The fourth-order valence-corrected chi connectivity index (χ4v) is 5.35. The molecule has 0 bridgehead atoms. The van der Waals surface area contributed by atoms with Gasteiger partial charge >= 0.3 is 6.03 Å². The second-order valence-corrected chi connectivity index (χ2v) is 10.0. The summed E-state index contributed by atoms with van der Waals surface area (Å²) in [5, 5.41) is 10.1. The summed E-state index contributed by atoms with van der Waals surface area (Å²) in [7, 11) is 0. The van der Waals surface area contributed by atoms with Gasteiger partial charge in [0, 0.05) is 51.0 Å². The third-order valence-corrected chi connectivity index (χ3v) is 7.41. The van der Waals surface area contributed by atoms with Gasteiger partial charge in [-0.3, -0.25) is 14.8 Å². The Morgan fingerprint density at radius 3 is 2.71 bits per heavy atom. The number of carbonyl (C=O) groups excluding carboxylic acids is 2. The van der Waals surface area contributed by atoms with Crippen molar-refractivity contribution >= 4 is 17.8 Å². The summed E-state index contributed by atoms with van der Waals surface area (Å²) in [6.45, 7) is 11.8. The van der Waals surface area contributed by atoms with Crippen molar-refractivity contribution in [3.05, 3.63) is 29.6 Å². The minimum Gasteiger partial charge on any atom is -0.451 e. The fraction of sp³-hybridized carbons (Fsp3) is 0.667. The molecule has 11 heteroatoms. The molecule has 35 heavy (non-hydrogen) atoms. The summed E-state index contributed by atoms with van der Waals surface area (Å²) in [5.41, 5.74) is 1.26. The van der Waals surface area contributed by atoms with Crippen LogP contribution in [0.4, 0.5) is 10.6 Å². The lowest BCUT2D eigenvalue weighted by molar-refractivity contribution is 0.0290. The Balaban J connectivity index is 0.00000289. The molecule has 0 aromatic carbocycles. The first-order chi connectivity index (χ1) is 16.3. The molecule has 1 atom stereocenters. The van der Waals surface area contributed by atoms with Crippen molar-refractivity contribution in [2.75, 3.05) is 44.7 Å². The molecule has 192 valence electrons. The van der Waals surface area contributed by atoms with E-state index >= 15 is 0 Å². The molecule has 11 nitrogen and oxygen atoms in total. The first kappa shape index (κ1) is 25.2. The van der Waals surface area contributed by atoms with E-state index in [4.69, 9.17) is 9.15 Å². The first-order valence-corrected chi connectivity index (χ1v) is 12.0. The van der Waals surface area contributed by atoms with Crippen molar-refractivity contribution in [3.63, 3.8) is 0 Å². The van der Waals surface area contributed by atoms with E-state index in [1.54, 1.807) is 0 Å². The molecule has 3 amide bonds. The highest BCUT2D eigenvalue weighted by Crippen LogP contribution is 2.41. The van der Waals surface area contributed by atoms with E-state index in [0.29, 0.717) is 24.8 Å². The highest BCUT2D eigenvalue weighted by atomic mass is 16.5. The summed E-state index contributed by atoms with van der Waals surface area (Å²) < 4.78 is 10.4. The Morgan fingerprint density at radius 1 is 1.26 bits per heavy atom. The monoisotopic (exact) mass is 487 g/mol. The number of piperazine rings is 1. The van der Waals surface area contributed by atoms with Crippen LogP contribution < -0.4 is 5.32 Å². The molecule has 2 aromatic heterocycles. The summed E-state index contributed by atoms with van der Waals surface area (Å²) in [5.74, 6) is 0.699. The lowest BCUT2D eigenvalue weighted by atomic mass is 9.99. The number of nitrogens with one attached hydrogen (secondary N) is 2. The normalized spacial score (nSPS) is 22.5. The quantitative estimate of drug-likeness (QED) is 0.680. The van der Waals surface area contributed by atoms with Crippen LogP contribution in [0.2, 0.25) is 0 Å². The summed E-state index contributed by atoms with van der Waals surface area (Å²) in [6.07, 6.45) is 4.73. The first-order valence-electron chi connectivity index (χ1n) is 12.0. The van der Waals surface area contributed by atoms with Crippen molar-refractivity contribution in [2.45, 2.75) is 59.2 Å². The summed E-state index contributed by atoms with van der Waals surface area (Å²) >= 11 is 0. The maximum absolute atomic E-state index is 13.7. The Morgan fingerprint density at radius 2 is 2.03 bits per heavy atom. The number of aromatic amines is 1. The predicted octanol–water partition coefficient (Wildman–Crippen LogP) is 2.89. The maximum atomic E-state index is 13.7. The number of nitrogens with zero attached hydrogens (tertiary/aromatic N) is 5. The van der Waals surface area contributed by atoms with E-state index in [0.717, 1.165) is 56.9 Å². The van der Waals surface area contributed by atoms with Gasteiger partial charge in [0.15, 0.2) is 17.9 Å². The SMILES string of the molecule is C.C[C@H]1CN(CC2CCOCC2)CCN1C(=O)N1Cc2c(NC(=O)c3cocn3)n[nH]c2C1(C)C. The molecule has 2 aromatic rings. The van der Waals surface area contributed by atoms with E-state index in [-0.39, 0.29) is 25.2 Å². The van der Waals surface area contributed by atoms with Crippen LogP contribution >= 0.6 is 0 Å². The van der Waals surface area contributed by atoms with Crippen LogP contribution in [-0.4, -0.2) is 87.3 Å². The molecule has 5 rings (SSSR count). The van der Waals surface area contributed by atoms with Crippen LogP contribution in [0, 0.1) is 5.92 Å². The van der Waals surface area contributed by atoms with Crippen LogP contribution in [0.3, 0.4) is 0 Å². The number of rotatable bonds is 4. The van der Waals surface area contributed by atoms with Gasteiger partial charge < -0.3 is 24.3 Å². The van der Waals surface area contributed by atoms with Gasteiger partial charge in [-0.15, -0.1) is 0 Å². The summed E-state index contributed by atoms with van der Waals surface area (Å²) in [4.78, 5) is 36.3. The number of H-pyrrole nitrogens is 1. The predicted molar refractivity (Wildman–Crippen MR) is 130 cm³/mol. The second-order valence-electron chi connectivity index (χ2n) is 10.0. The van der Waals surface area contributed by atoms with E-state index < -0.39 is 11.4 Å². The van der Waals surface area contributed by atoms with E-state index in [2.05, 4.69) is 32.3 Å². The number of oxazole rings is 1. The highest BCUT2D eigenvalue weighted by Gasteiger charge is 2.46. The van der Waals surface area contributed by atoms with Crippen molar-refractivity contribution < 1.29 is 18.7 Å². The third kappa shape index (κ3) is 4.79. The maximum Gasteiger partial charge on any atom is 0.321 e. The van der Waals surface area contributed by atoms with Crippen LogP contribution in [0.25, 0.3) is 0 Å². The number of aromatic nitrogens is 3. The molecule has 3 aliphatic rings.